The third-order valence-electron chi connectivity index (χ3n) is 8.30. The molecule has 1 saturated heterocycles. The first-order chi connectivity index (χ1) is 13.1. The number of methoxy groups -OCH3 is 1. The Morgan fingerprint density at radius 2 is 1.89 bits per heavy atom. The summed E-state index contributed by atoms with van der Waals surface area (Å²) in [4.78, 5) is 18.6. The molecule has 28 heavy (non-hydrogen) atoms. The summed E-state index contributed by atoms with van der Waals surface area (Å²) < 4.78 is 6.31. The van der Waals surface area contributed by atoms with Crippen LogP contribution in [0.5, 0.6) is 0 Å². The van der Waals surface area contributed by atoms with Crippen LogP contribution in [-0.4, -0.2) is 42.0 Å². The molecule has 4 fully saturated rings. The van der Waals surface area contributed by atoms with E-state index in [2.05, 4.69) is 9.88 Å². The van der Waals surface area contributed by atoms with E-state index < -0.39 is 5.91 Å². The van der Waals surface area contributed by atoms with Crippen LogP contribution in [0.2, 0.25) is 0 Å². The molecule has 2 heterocycles. The molecule has 3 aliphatic carbocycles. The van der Waals surface area contributed by atoms with Gasteiger partial charge in [0.05, 0.1) is 0 Å². The van der Waals surface area contributed by atoms with Crippen LogP contribution in [-0.2, 0) is 10.3 Å². The van der Waals surface area contributed by atoms with Crippen molar-refractivity contribution in [3.63, 3.8) is 0 Å². The van der Waals surface area contributed by atoms with Crippen LogP contribution in [0, 0.1) is 17.3 Å². The number of ether oxygens (including phenoxy) is 1. The zero-order valence-corrected chi connectivity index (χ0v) is 17.5. The molecule has 2 N–H and O–H groups in total. The van der Waals surface area contributed by atoms with Crippen LogP contribution in [0.4, 0.5) is 0 Å². The van der Waals surface area contributed by atoms with Crippen LogP contribution in [0.15, 0.2) is 18.3 Å². The minimum absolute atomic E-state index is 0. The zero-order chi connectivity index (χ0) is 18.6. The van der Waals surface area contributed by atoms with Crippen LogP contribution < -0.4 is 5.73 Å². The molecule has 0 aromatic carbocycles. The van der Waals surface area contributed by atoms with Gasteiger partial charge in [-0.2, -0.15) is 0 Å². The molecule has 1 aromatic rings. The van der Waals surface area contributed by atoms with Crippen LogP contribution in [0.3, 0.4) is 0 Å². The van der Waals surface area contributed by atoms with Gasteiger partial charge in [-0.3, -0.25) is 14.7 Å². The molecule has 1 aliphatic heterocycles. The quantitative estimate of drug-likeness (QED) is 0.832. The topological polar surface area (TPSA) is 68.5 Å². The molecule has 5 rings (SSSR count). The van der Waals surface area contributed by atoms with Crippen LogP contribution in [0.1, 0.15) is 67.4 Å². The molecule has 0 radical (unpaired) electrons. The van der Waals surface area contributed by atoms with Gasteiger partial charge >= 0.3 is 0 Å². The fourth-order valence-corrected chi connectivity index (χ4v) is 6.78. The summed E-state index contributed by atoms with van der Waals surface area (Å²) in [5.41, 5.74) is 7.34. The SMILES string of the molecule is COC1(c2ccnc(C(N)=O)c2)[C@@H]2CCC[C@H]1CN(C1CC3(CCC3)C1)C2.Cl. The van der Waals surface area contributed by atoms with Gasteiger partial charge in [0.25, 0.3) is 5.91 Å². The molecule has 154 valence electrons. The van der Waals surface area contributed by atoms with Crippen LogP contribution in [0.25, 0.3) is 0 Å². The van der Waals surface area contributed by atoms with Gasteiger partial charge in [-0.15, -0.1) is 12.4 Å². The fraction of sp³-hybridized carbons (Fsp3) is 0.727. The molecule has 6 heteroatoms. The molecule has 5 nitrogen and oxygen atoms in total. The van der Waals surface area contributed by atoms with E-state index in [1.807, 2.05) is 19.2 Å². The van der Waals surface area contributed by atoms with E-state index in [4.69, 9.17) is 10.5 Å². The number of likely N-dealkylation sites (tertiary alicyclic amines) is 1. The van der Waals surface area contributed by atoms with Crippen molar-refractivity contribution in [3.8, 4) is 0 Å². The van der Waals surface area contributed by atoms with E-state index in [1.165, 1.54) is 51.4 Å². The lowest BCUT2D eigenvalue weighted by atomic mass is 9.53. The Morgan fingerprint density at radius 3 is 2.43 bits per heavy atom. The molecular weight excluding hydrogens is 374 g/mol. The highest BCUT2D eigenvalue weighted by molar-refractivity contribution is 5.90. The van der Waals surface area contributed by atoms with Gasteiger partial charge in [-0.1, -0.05) is 12.8 Å². The minimum Gasteiger partial charge on any atom is -0.373 e. The lowest BCUT2D eigenvalue weighted by molar-refractivity contribution is -0.188. The predicted octanol–water partition coefficient (Wildman–Crippen LogP) is 3.51. The predicted molar refractivity (Wildman–Crippen MR) is 110 cm³/mol. The smallest absolute Gasteiger partial charge is 0.267 e. The number of carbonyl (C=O) groups excluding carboxylic acids is 1. The number of rotatable bonds is 4. The number of piperidine rings is 1. The van der Waals surface area contributed by atoms with Crippen LogP contribution >= 0.6 is 12.4 Å². The molecule has 2 bridgehead atoms. The van der Waals surface area contributed by atoms with Gasteiger partial charge in [-0.25, -0.2) is 0 Å². The first-order valence-electron chi connectivity index (χ1n) is 10.6. The van der Waals surface area contributed by atoms with Gasteiger partial charge in [-0.05, 0) is 61.6 Å². The number of carbonyl (C=O) groups is 1. The number of hydrogen-bond donors (Lipinski definition) is 1. The summed E-state index contributed by atoms with van der Waals surface area (Å²) in [5.74, 6) is 0.470. The highest BCUT2D eigenvalue weighted by Crippen LogP contribution is 2.59. The molecule has 1 amide bonds. The molecule has 4 aliphatic rings. The van der Waals surface area contributed by atoms with Gasteiger partial charge in [0.15, 0.2) is 0 Å². The average molecular weight is 406 g/mol. The summed E-state index contributed by atoms with van der Waals surface area (Å²) in [6.45, 7) is 2.22. The zero-order valence-electron chi connectivity index (χ0n) is 16.7. The van der Waals surface area contributed by atoms with Crippen molar-refractivity contribution in [2.75, 3.05) is 20.2 Å². The lowest BCUT2D eigenvalue weighted by Crippen LogP contribution is -2.64. The number of fused-ring (bicyclic) bond motifs is 2. The number of aromatic nitrogens is 1. The maximum atomic E-state index is 11.7. The van der Waals surface area contributed by atoms with Crippen molar-refractivity contribution in [2.45, 2.75) is 63.0 Å². The lowest BCUT2D eigenvalue weighted by Gasteiger charge is -2.62. The van der Waals surface area contributed by atoms with E-state index in [0.717, 1.165) is 30.1 Å². The van der Waals surface area contributed by atoms with Gasteiger partial charge in [0, 0.05) is 44.3 Å². The van der Waals surface area contributed by atoms with Crippen molar-refractivity contribution in [2.24, 2.45) is 23.0 Å². The molecular formula is C22H32ClN3O2. The number of amides is 1. The number of primary amides is 1. The Balaban J connectivity index is 0.00000192. The first-order valence-corrected chi connectivity index (χ1v) is 10.6. The second kappa shape index (κ2) is 7.26. The number of halogens is 1. The fourth-order valence-electron chi connectivity index (χ4n) is 6.78. The normalized spacial score (nSPS) is 34.2. The van der Waals surface area contributed by atoms with E-state index in [0.29, 0.717) is 17.5 Å². The van der Waals surface area contributed by atoms with Crippen molar-refractivity contribution in [3.05, 3.63) is 29.6 Å². The summed E-state index contributed by atoms with van der Waals surface area (Å²) in [7, 11) is 1.85. The largest absolute Gasteiger partial charge is 0.373 e. The minimum atomic E-state index is -0.467. The maximum Gasteiger partial charge on any atom is 0.267 e. The summed E-state index contributed by atoms with van der Waals surface area (Å²) >= 11 is 0. The second-order valence-corrected chi connectivity index (χ2v) is 9.49. The van der Waals surface area contributed by atoms with Crippen molar-refractivity contribution < 1.29 is 9.53 Å². The van der Waals surface area contributed by atoms with E-state index in [1.54, 1.807) is 6.20 Å². The Morgan fingerprint density at radius 1 is 1.21 bits per heavy atom. The monoisotopic (exact) mass is 405 g/mol. The summed E-state index contributed by atoms with van der Waals surface area (Å²) in [6, 6.07) is 4.69. The maximum absolute atomic E-state index is 11.7. The number of nitrogens with zero attached hydrogens (tertiary/aromatic N) is 2. The van der Waals surface area contributed by atoms with E-state index in [-0.39, 0.29) is 18.0 Å². The number of pyridine rings is 1. The standard InChI is InChI=1S/C22H31N3O2.ClH/c1-27-22(15-6-9-24-19(10-15)20(23)26)16-4-2-5-17(22)14-25(13-16)18-11-21(12-18)7-3-8-21;/h6,9-10,16-18H,2-5,7-8,11-14H2,1H3,(H2,23,26);1H/t16-,17+,22?;. The third kappa shape index (κ3) is 2.89. The molecule has 3 saturated carbocycles. The second-order valence-electron chi connectivity index (χ2n) is 9.49. The Hall–Kier alpha value is -1.17. The highest BCUT2D eigenvalue weighted by Gasteiger charge is 2.57. The first kappa shape index (κ1) is 20.1. The Labute approximate surface area is 173 Å². The molecule has 3 atom stereocenters. The molecule has 1 aromatic heterocycles. The number of nitrogens with two attached hydrogens (primary N) is 1. The third-order valence-corrected chi connectivity index (χ3v) is 8.30. The van der Waals surface area contributed by atoms with Crippen molar-refractivity contribution in [1.29, 1.82) is 0 Å². The molecule has 1 unspecified atom stereocenters. The van der Waals surface area contributed by atoms with E-state index in [9.17, 15) is 4.79 Å². The Bertz CT molecular complexity index is 729. The van der Waals surface area contributed by atoms with E-state index >= 15 is 0 Å². The van der Waals surface area contributed by atoms with Crippen molar-refractivity contribution >= 4 is 18.3 Å². The van der Waals surface area contributed by atoms with Crippen molar-refractivity contribution in [1.82, 2.24) is 9.88 Å². The summed E-state index contributed by atoms with van der Waals surface area (Å²) in [5, 5.41) is 0. The van der Waals surface area contributed by atoms with Gasteiger partial charge in [0.1, 0.15) is 11.3 Å². The van der Waals surface area contributed by atoms with Gasteiger partial charge < -0.3 is 10.5 Å². The summed E-state index contributed by atoms with van der Waals surface area (Å²) in [6.07, 6.45) is 12.5. The number of hydrogen-bond acceptors (Lipinski definition) is 4. The van der Waals surface area contributed by atoms with Gasteiger partial charge in [0.2, 0.25) is 0 Å². The molecule has 1 spiro atoms. The average Bonchev–Trinajstić information content (AvgIpc) is 2.58. The Kier molecular flexibility index (Phi) is 5.22. The highest BCUT2D eigenvalue weighted by atomic mass is 35.5.